The van der Waals surface area contributed by atoms with Crippen LogP contribution in [-0.4, -0.2) is 12.7 Å². The van der Waals surface area contributed by atoms with Crippen LogP contribution in [0.3, 0.4) is 0 Å². The van der Waals surface area contributed by atoms with Crippen molar-refractivity contribution in [3.05, 3.63) is 0 Å². The second kappa shape index (κ2) is 9.54. The van der Waals surface area contributed by atoms with Crippen molar-refractivity contribution in [3.8, 4) is 6.07 Å². The summed E-state index contributed by atoms with van der Waals surface area (Å²) in [6.45, 7) is 4.98. The predicted octanol–water partition coefficient (Wildman–Crippen LogP) is 3.28. The van der Waals surface area contributed by atoms with E-state index < -0.39 is 0 Å². The number of nitriles is 1. The molecule has 13 heavy (non-hydrogen) atoms. The Labute approximate surface area is 81.9 Å². The van der Waals surface area contributed by atoms with E-state index in [9.17, 15) is 0 Å². The lowest BCUT2D eigenvalue weighted by molar-refractivity contribution is 0.0663. The molecule has 0 fully saturated rings. The summed E-state index contributed by atoms with van der Waals surface area (Å²) in [4.78, 5) is 0. The molecule has 2 nitrogen and oxygen atoms in total. The van der Waals surface area contributed by atoms with E-state index >= 15 is 0 Å². The zero-order valence-corrected chi connectivity index (χ0v) is 8.88. The molecule has 0 aromatic rings. The van der Waals surface area contributed by atoms with E-state index in [1.54, 1.807) is 0 Å². The molecule has 0 spiro atoms. The topological polar surface area (TPSA) is 33.0 Å². The second-order valence-corrected chi connectivity index (χ2v) is 3.46. The maximum absolute atomic E-state index is 8.38. The largest absolute Gasteiger partial charge is 0.377 e. The third-order valence-corrected chi connectivity index (χ3v) is 2.03. The molecule has 0 aliphatic heterocycles. The average Bonchev–Trinajstić information content (AvgIpc) is 2.11. The molecule has 0 radical (unpaired) electrons. The average molecular weight is 183 g/mol. The van der Waals surface area contributed by atoms with Crippen LogP contribution in [0.1, 0.15) is 52.4 Å². The first-order valence-electron chi connectivity index (χ1n) is 5.29. The molecule has 76 valence electrons. The van der Waals surface area contributed by atoms with Crippen LogP contribution in [0.2, 0.25) is 0 Å². The first-order valence-corrected chi connectivity index (χ1v) is 5.29. The minimum atomic E-state index is 0.108. The monoisotopic (exact) mass is 183 g/mol. The van der Waals surface area contributed by atoms with E-state index in [1.807, 2.05) is 6.92 Å². The summed E-state index contributed by atoms with van der Waals surface area (Å²) in [5.41, 5.74) is 0. The molecule has 0 saturated carbocycles. The van der Waals surface area contributed by atoms with Gasteiger partial charge in [-0.05, 0) is 13.3 Å². The molecule has 1 unspecified atom stereocenters. The Morgan fingerprint density at radius 2 is 1.92 bits per heavy atom. The van der Waals surface area contributed by atoms with Crippen molar-refractivity contribution >= 4 is 0 Å². The zero-order chi connectivity index (χ0) is 9.94. The Kier molecular flexibility index (Phi) is 9.13. The molecule has 0 rings (SSSR count). The fourth-order valence-electron chi connectivity index (χ4n) is 1.18. The molecule has 0 N–H and O–H groups in total. The first-order chi connectivity index (χ1) is 6.31. The van der Waals surface area contributed by atoms with Gasteiger partial charge in [0.1, 0.15) is 0 Å². The van der Waals surface area contributed by atoms with Crippen LogP contribution in [0.15, 0.2) is 0 Å². The van der Waals surface area contributed by atoms with E-state index in [4.69, 9.17) is 10.00 Å². The van der Waals surface area contributed by atoms with Gasteiger partial charge in [-0.15, -0.1) is 0 Å². The fraction of sp³-hybridized carbons (Fsp3) is 0.909. The molecule has 0 aliphatic carbocycles. The van der Waals surface area contributed by atoms with Crippen molar-refractivity contribution in [1.29, 1.82) is 5.26 Å². The molecule has 0 aromatic carbocycles. The minimum absolute atomic E-state index is 0.108. The van der Waals surface area contributed by atoms with Crippen molar-refractivity contribution in [2.75, 3.05) is 6.61 Å². The highest BCUT2D eigenvalue weighted by molar-refractivity contribution is 4.73. The number of rotatable bonds is 8. The van der Waals surface area contributed by atoms with Crippen LogP contribution in [0.25, 0.3) is 0 Å². The van der Waals surface area contributed by atoms with Crippen molar-refractivity contribution < 1.29 is 4.74 Å². The molecule has 2 heteroatoms. The molecule has 0 saturated heterocycles. The van der Waals surface area contributed by atoms with Crippen LogP contribution >= 0.6 is 0 Å². The van der Waals surface area contributed by atoms with Crippen molar-refractivity contribution in [2.24, 2.45) is 0 Å². The Morgan fingerprint density at radius 3 is 2.54 bits per heavy atom. The van der Waals surface area contributed by atoms with Gasteiger partial charge in [0, 0.05) is 6.61 Å². The lowest BCUT2D eigenvalue weighted by atomic mass is 10.2. The van der Waals surface area contributed by atoms with Crippen LogP contribution in [-0.2, 0) is 4.74 Å². The maximum Gasteiger partial charge on any atom is 0.0676 e. The second-order valence-electron chi connectivity index (χ2n) is 3.46. The van der Waals surface area contributed by atoms with Crippen LogP contribution in [0.5, 0.6) is 0 Å². The van der Waals surface area contributed by atoms with Crippen molar-refractivity contribution in [2.45, 2.75) is 58.5 Å². The van der Waals surface area contributed by atoms with E-state index in [0.717, 1.165) is 13.0 Å². The number of nitrogens with zero attached hydrogens (tertiary/aromatic N) is 1. The predicted molar refractivity (Wildman–Crippen MR) is 54.4 cm³/mol. The summed E-state index contributed by atoms with van der Waals surface area (Å²) in [6, 6.07) is 2.10. The van der Waals surface area contributed by atoms with Gasteiger partial charge >= 0.3 is 0 Å². The number of hydrogen-bond donors (Lipinski definition) is 0. The third-order valence-electron chi connectivity index (χ3n) is 2.03. The normalized spacial score (nSPS) is 12.4. The van der Waals surface area contributed by atoms with Crippen LogP contribution in [0, 0.1) is 11.3 Å². The van der Waals surface area contributed by atoms with Gasteiger partial charge in [0.2, 0.25) is 0 Å². The van der Waals surface area contributed by atoms with Crippen molar-refractivity contribution in [1.82, 2.24) is 0 Å². The summed E-state index contributed by atoms with van der Waals surface area (Å²) in [6.07, 6.45) is 6.93. The van der Waals surface area contributed by atoms with E-state index in [1.165, 1.54) is 25.7 Å². The van der Waals surface area contributed by atoms with E-state index in [-0.39, 0.29) is 6.10 Å². The molecular weight excluding hydrogens is 162 g/mol. The summed E-state index contributed by atoms with van der Waals surface area (Å²) in [5.74, 6) is 0. The first kappa shape index (κ1) is 12.4. The Balaban J connectivity index is 3.03. The van der Waals surface area contributed by atoms with Crippen LogP contribution < -0.4 is 0 Å². The van der Waals surface area contributed by atoms with Gasteiger partial charge in [0.25, 0.3) is 0 Å². The highest BCUT2D eigenvalue weighted by atomic mass is 16.5. The third kappa shape index (κ3) is 9.36. The number of ether oxygens (including phenoxy) is 1. The Hall–Kier alpha value is -0.550. The van der Waals surface area contributed by atoms with E-state index in [0.29, 0.717) is 6.42 Å². The fourth-order valence-corrected chi connectivity index (χ4v) is 1.18. The van der Waals surface area contributed by atoms with Gasteiger partial charge in [0.15, 0.2) is 0 Å². The lowest BCUT2D eigenvalue weighted by Gasteiger charge is -2.08. The quantitative estimate of drug-likeness (QED) is 0.541. The standard InChI is InChI=1S/C11H21NO/c1-3-4-5-6-7-10-13-11(2)8-9-12/h11H,3-8,10H2,1-2H3. The maximum atomic E-state index is 8.38. The molecule has 0 aromatic heterocycles. The smallest absolute Gasteiger partial charge is 0.0676 e. The summed E-state index contributed by atoms with van der Waals surface area (Å²) in [5, 5.41) is 8.38. The van der Waals surface area contributed by atoms with Gasteiger partial charge in [-0.25, -0.2) is 0 Å². The van der Waals surface area contributed by atoms with Gasteiger partial charge < -0.3 is 4.74 Å². The summed E-state index contributed by atoms with van der Waals surface area (Å²) in [7, 11) is 0. The lowest BCUT2D eigenvalue weighted by Crippen LogP contribution is -2.07. The minimum Gasteiger partial charge on any atom is -0.377 e. The van der Waals surface area contributed by atoms with Crippen LogP contribution in [0.4, 0.5) is 0 Å². The highest BCUT2D eigenvalue weighted by Crippen LogP contribution is 2.04. The van der Waals surface area contributed by atoms with Crippen molar-refractivity contribution in [3.63, 3.8) is 0 Å². The molecule has 0 aliphatic rings. The molecular formula is C11H21NO. The van der Waals surface area contributed by atoms with Gasteiger partial charge in [-0.2, -0.15) is 5.26 Å². The molecule has 1 atom stereocenters. The number of hydrogen-bond acceptors (Lipinski definition) is 2. The molecule has 0 amide bonds. The van der Waals surface area contributed by atoms with E-state index in [2.05, 4.69) is 13.0 Å². The van der Waals surface area contributed by atoms with Gasteiger partial charge in [0.05, 0.1) is 18.6 Å². The Morgan fingerprint density at radius 1 is 1.23 bits per heavy atom. The Bertz CT molecular complexity index is 140. The summed E-state index contributed by atoms with van der Waals surface area (Å²) < 4.78 is 5.44. The SMILES string of the molecule is CCCCCCCOC(C)CC#N. The molecule has 0 heterocycles. The van der Waals surface area contributed by atoms with Gasteiger partial charge in [-0.1, -0.05) is 32.6 Å². The van der Waals surface area contributed by atoms with Gasteiger partial charge in [-0.3, -0.25) is 0 Å². The molecule has 0 bridgehead atoms. The summed E-state index contributed by atoms with van der Waals surface area (Å²) >= 11 is 0. The highest BCUT2D eigenvalue weighted by Gasteiger charge is 1.99. The zero-order valence-electron chi connectivity index (χ0n) is 8.88. The number of unbranched alkanes of at least 4 members (excludes halogenated alkanes) is 4.